The zero-order chi connectivity index (χ0) is 14.8. The van der Waals surface area contributed by atoms with Crippen molar-refractivity contribution in [1.82, 2.24) is 0 Å². The van der Waals surface area contributed by atoms with Crippen molar-refractivity contribution in [1.29, 1.82) is 0 Å². The number of hydrogen-bond donors (Lipinski definition) is 3. The minimum Gasteiger partial charge on any atom is -0.394 e. The Morgan fingerprint density at radius 3 is 2.45 bits per heavy atom. The molecule has 5 heteroatoms. The molecular weight excluding hydrogens is 260 g/mol. The Hall–Kier alpha value is -0.980. The van der Waals surface area contributed by atoms with Crippen LogP contribution < -0.4 is 0 Å². The van der Waals surface area contributed by atoms with Crippen molar-refractivity contribution >= 4 is 0 Å². The molecule has 4 atom stereocenters. The Morgan fingerprint density at radius 1 is 1.20 bits per heavy atom. The van der Waals surface area contributed by atoms with Crippen LogP contribution in [-0.4, -0.2) is 46.0 Å². The molecule has 2 aliphatic rings. The molecule has 2 heterocycles. The van der Waals surface area contributed by atoms with Gasteiger partial charge in [-0.1, -0.05) is 38.1 Å². The van der Waals surface area contributed by atoms with Crippen LogP contribution >= 0.6 is 0 Å². The van der Waals surface area contributed by atoms with Crippen LogP contribution in [0.15, 0.2) is 24.3 Å². The first-order chi connectivity index (χ1) is 9.66. The van der Waals surface area contributed by atoms with Gasteiger partial charge in [-0.3, -0.25) is 0 Å². The van der Waals surface area contributed by atoms with Crippen LogP contribution in [0, 0.1) is 0 Å². The highest BCUT2D eigenvalue weighted by atomic mass is 16.7. The quantitative estimate of drug-likeness (QED) is 0.703. The molecule has 1 saturated heterocycles. The average Bonchev–Trinajstić information content (AvgIpc) is 2.74. The highest BCUT2D eigenvalue weighted by Crippen LogP contribution is 2.39. The Labute approximate surface area is 118 Å². The molecule has 112 valence electrons. The summed E-state index contributed by atoms with van der Waals surface area (Å²) in [7, 11) is 0. The fourth-order valence-corrected chi connectivity index (χ4v) is 2.66. The minimum atomic E-state index is -1.23. The lowest BCUT2D eigenvalue weighted by molar-refractivity contribution is -0.271. The predicted octanol–water partition coefficient (Wildman–Crippen LogP) is 0.595. The second-order valence-corrected chi connectivity index (χ2v) is 4.82. The number of aliphatic hydroxyl groups excluding tert-OH is 3. The van der Waals surface area contributed by atoms with Gasteiger partial charge in [0.1, 0.15) is 18.3 Å². The molecule has 0 aromatic heterocycles. The molecule has 0 bridgehead atoms. The van der Waals surface area contributed by atoms with Crippen LogP contribution in [0.25, 0.3) is 0 Å². The van der Waals surface area contributed by atoms with Gasteiger partial charge in [-0.25, -0.2) is 0 Å². The first-order valence-corrected chi connectivity index (χ1v) is 7.02. The van der Waals surface area contributed by atoms with E-state index in [0.29, 0.717) is 13.0 Å². The van der Waals surface area contributed by atoms with Crippen LogP contribution in [0.2, 0.25) is 0 Å². The number of hydrogen-bond acceptors (Lipinski definition) is 5. The summed E-state index contributed by atoms with van der Waals surface area (Å²) in [6.07, 6.45) is -2.70. The van der Waals surface area contributed by atoms with Crippen molar-refractivity contribution in [3.8, 4) is 0 Å². The van der Waals surface area contributed by atoms with E-state index in [-0.39, 0.29) is 6.61 Å². The van der Waals surface area contributed by atoms with Gasteiger partial charge < -0.3 is 24.8 Å². The van der Waals surface area contributed by atoms with E-state index in [1.165, 1.54) is 0 Å². The predicted molar refractivity (Wildman–Crippen MR) is 73.0 cm³/mol. The van der Waals surface area contributed by atoms with Gasteiger partial charge in [-0.2, -0.15) is 0 Å². The van der Waals surface area contributed by atoms with Gasteiger partial charge in [-0.05, 0) is 11.1 Å². The molecule has 20 heavy (non-hydrogen) atoms. The van der Waals surface area contributed by atoms with Crippen molar-refractivity contribution in [2.45, 2.75) is 51.0 Å². The van der Waals surface area contributed by atoms with E-state index >= 15 is 0 Å². The lowest BCUT2D eigenvalue weighted by Gasteiger charge is -2.36. The van der Waals surface area contributed by atoms with E-state index < -0.39 is 24.1 Å². The van der Waals surface area contributed by atoms with E-state index in [1.807, 2.05) is 38.1 Å². The SMILES string of the molecule is CC.OCC1OC2(Cc3ccccc3CO2)C(O)C1O. The molecule has 1 fully saturated rings. The number of aliphatic hydroxyl groups is 3. The molecule has 3 rings (SSSR count). The number of benzene rings is 1. The molecule has 1 spiro atoms. The molecule has 0 amide bonds. The van der Waals surface area contributed by atoms with Crippen LogP contribution in [0.3, 0.4) is 0 Å². The summed E-state index contributed by atoms with van der Waals surface area (Å²) in [6, 6.07) is 7.76. The summed E-state index contributed by atoms with van der Waals surface area (Å²) in [6.45, 7) is 3.99. The standard InChI is InChI=1S/C13H16O5.C2H6/c14-6-10-11(15)12(16)13(18-10)5-8-3-1-2-4-9(8)7-17-13;1-2/h1-4,10-12,14-16H,5-7H2;1-2H3. The molecule has 4 unspecified atom stereocenters. The van der Waals surface area contributed by atoms with Crippen LogP contribution in [0.1, 0.15) is 25.0 Å². The van der Waals surface area contributed by atoms with Crippen molar-refractivity contribution < 1.29 is 24.8 Å². The topological polar surface area (TPSA) is 79.2 Å². The first-order valence-electron chi connectivity index (χ1n) is 7.02. The van der Waals surface area contributed by atoms with Crippen molar-refractivity contribution in [3.63, 3.8) is 0 Å². The smallest absolute Gasteiger partial charge is 0.202 e. The van der Waals surface area contributed by atoms with Crippen LogP contribution in [0.5, 0.6) is 0 Å². The third-order valence-corrected chi connectivity index (χ3v) is 3.71. The summed E-state index contributed by atoms with van der Waals surface area (Å²) in [5.74, 6) is -1.23. The molecule has 0 saturated carbocycles. The van der Waals surface area contributed by atoms with E-state index in [9.17, 15) is 10.2 Å². The minimum absolute atomic E-state index is 0.331. The molecule has 1 aromatic rings. The number of fused-ring (bicyclic) bond motifs is 1. The van der Waals surface area contributed by atoms with Crippen LogP contribution in [0.4, 0.5) is 0 Å². The summed E-state index contributed by atoms with van der Waals surface area (Å²) >= 11 is 0. The monoisotopic (exact) mass is 282 g/mol. The Bertz CT molecular complexity index is 450. The molecule has 5 nitrogen and oxygen atoms in total. The fourth-order valence-electron chi connectivity index (χ4n) is 2.66. The third-order valence-electron chi connectivity index (χ3n) is 3.71. The largest absolute Gasteiger partial charge is 0.394 e. The number of rotatable bonds is 1. The molecule has 2 aliphatic heterocycles. The normalized spacial score (nSPS) is 35.4. The first kappa shape index (κ1) is 15.4. The summed E-state index contributed by atoms with van der Waals surface area (Å²) < 4.78 is 11.2. The van der Waals surface area contributed by atoms with Crippen molar-refractivity contribution in [2.75, 3.05) is 6.61 Å². The van der Waals surface area contributed by atoms with E-state index in [4.69, 9.17) is 14.6 Å². The fraction of sp³-hybridized carbons (Fsp3) is 0.600. The molecular formula is C15H22O5. The van der Waals surface area contributed by atoms with Crippen molar-refractivity contribution in [3.05, 3.63) is 35.4 Å². The summed E-state index contributed by atoms with van der Waals surface area (Å²) in [5.41, 5.74) is 2.09. The van der Waals surface area contributed by atoms with Crippen LogP contribution in [-0.2, 0) is 22.5 Å². The summed E-state index contributed by atoms with van der Waals surface area (Å²) in [4.78, 5) is 0. The van der Waals surface area contributed by atoms with Gasteiger partial charge >= 0.3 is 0 Å². The van der Waals surface area contributed by atoms with Gasteiger partial charge in [0.15, 0.2) is 0 Å². The molecule has 0 aliphatic carbocycles. The van der Waals surface area contributed by atoms with Gasteiger partial charge in [0.25, 0.3) is 0 Å². The highest BCUT2D eigenvalue weighted by Gasteiger charge is 2.56. The average molecular weight is 282 g/mol. The molecule has 0 radical (unpaired) electrons. The van der Waals surface area contributed by atoms with Gasteiger partial charge in [-0.15, -0.1) is 0 Å². The second kappa shape index (κ2) is 6.20. The second-order valence-electron chi connectivity index (χ2n) is 4.82. The highest BCUT2D eigenvalue weighted by molar-refractivity contribution is 5.30. The third kappa shape index (κ3) is 2.47. The lowest BCUT2D eigenvalue weighted by Crippen LogP contribution is -2.49. The Kier molecular flexibility index (Phi) is 4.78. The maximum Gasteiger partial charge on any atom is 0.202 e. The maximum absolute atomic E-state index is 10.1. The van der Waals surface area contributed by atoms with E-state index in [2.05, 4.69) is 0 Å². The van der Waals surface area contributed by atoms with Crippen molar-refractivity contribution in [2.24, 2.45) is 0 Å². The van der Waals surface area contributed by atoms with Gasteiger partial charge in [0.05, 0.1) is 13.2 Å². The van der Waals surface area contributed by atoms with E-state index in [0.717, 1.165) is 11.1 Å². The van der Waals surface area contributed by atoms with E-state index in [1.54, 1.807) is 0 Å². The zero-order valence-corrected chi connectivity index (χ0v) is 11.8. The lowest BCUT2D eigenvalue weighted by atomic mass is 9.92. The maximum atomic E-state index is 10.1. The molecule has 3 N–H and O–H groups in total. The Morgan fingerprint density at radius 2 is 1.85 bits per heavy atom. The number of ether oxygens (including phenoxy) is 2. The molecule has 1 aromatic carbocycles. The van der Waals surface area contributed by atoms with Gasteiger partial charge in [0, 0.05) is 6.42 Å². The zero-order valence-electron chi connectivity index (χ0n) is 11.8. The Balaban J connectivity index is 0.000000704. The summed E-state index contributed by atoms with van der Waals surface area (Å²) in [5, 5.41) is 29.0. The van der Waals surface area contributed by atoms with Gasteiger partial charge in [0.2, 0.25) is 5.79 Å².